The molecular formula is C20H28IN3O5. The van der Waals surface area contributed by atoms with Gasteiger partial charge >= 0.3 is 5.97 Å². The highest BCUT2D eigenvalue weighted by atomic mass is 127. The van der Waals surface area contributed by atoms with E-state index in [0.717, 1.165) is 5.56 Å². The van der Waals surface area contributed by atoms with E-state index in [1.165, 1.54) is 20.5 Å². The standard InChI is InChI=1S/C20H27N3O5.HI/c1-5-21-19(23-13-20(2,25)17-7-6-10-28-17)22-12-14-8-9-16(26-3)15(11-14)18(24)27-4;/h6-11,25H,5,12-13H2,1-4H3,(H2,21,22,23);1H. The summed E-state index contributed by atoms with van der Waals surface area (Å²) in [5.74, 6) is 0.972. The molecule has 1 unspecified atom stereocenters. The van der Waals surface area contributed by atoms with Gasteiger partial charge in [0.1, 0.15) is 22.7 Å². The van der Waals surface area contributed by atoms with Crippen LogP contribution in [0.3, 0.4) is 0 Å². The lowest BCUT2D eigenvalue weighted by Crippen LogP contribution is -2.44. The molecule has 0 saturated heterocycles. The fourth-order valence-electron chi connectivity index (χ4n) is 2.56. The van der Waals surface area contributed by atoms with Gasteiger partial charge in [-0.05, 0) is 43.7 Å². The van der Waals surface area contributed by atoms with E-state index in [9.17, 15) is 9.90 Å². The Hall–Kier alpha value is -2.27. The van der Waals surface area contributed by atoms with Crippen LogP contribution in [0.1, 0.15) is 35.5 Å². The van der Waals surface area contributed by atoms with Crippen LogP contribution in [0, 0.1) is 0 Å². The van der Waals surface area contributed by atoms with Crippen molar-refractivity contribution in [3.63, 3.8) is 0 Å². The first-order valence-electron chi connectivity index (χ1n) is 8.95. The number of carbonyl (C=O) groups excluding carboxylic acids is 1. The molecule has 0 amide bonds. The van der Waals surface area contributed by atoms with E-state index in [1.54, 1.807) is 31.2 Å². The van der Waals surface area contributed by atoms with Crippen LogP contribution >= 0.6 is 24.0 Å². The predicted molar refractivity (Wildman–Crippen MR) is 121 cm³/mol. The van der Waals surface area contributed by atoms with Crippen LogP contribution in [0.4, 0.5) is 0 Å². The van der Waals surface area contributed by atoms with Crippen molar-refractivity contribution < 1.29 is 23.8 Å². The van der Waals surface area contributed by atoms with Gasteiger partial charge in [0.2, 0.25) is 0 Å². The van der Waals surface area contributed by atoms with E-state index < -0.39 is 11.6 Å². The van der Waals surface area contributed by atoms with Crippen molar-refractivity contribution in [3.8, 4) is 5.75 Å². The molecule has 0 bridgehead atoms. The summed E-state index contributed by atoms with van der Waals surface area (Å²) in [6.45, 7) is 4.80. The number of hydrogen-bond donors (Lipinski definition) is 3. The number of aliphatic imine (C=N–C) groups is 1. The fraction of sp³-hybridized carbons (Fsp3) is 0.400. The summed E-state index contributed by atoms with van der Waals surface area (Å²) < 4.78 is 15.3. The van der Waals surface area contributed by atoms with Gasteiger partial charge in [-0.3, -0.25) is 0 Å². The molecule has 2 rings (SSSR count). The van der Waals surface area contributed by atoms with Gasteiger partial charge in [0.15, 0.2) is 5.96 Å². The average molecular weight is 517 g/mol. The first kappa shape index (κ1) is 24.8. The zero-order chi connectivity index (χ0) is 20.6. The molecule has 9 heteroatoms. The minimum atomic E-state index is -1.18. The van der Waals surface area contributed by atoms with Gasteiger partial charge in [0.25, 0.3) is 0 Å². The summed E-state index contributed by atoms with van der Waals surface area (Å²) in [5, 5.41) is 16.8. The number of ether oxygens (including phenoxy) is 2. The van der Waals surface area contributed by atoms with Gasteiger partial charge in [-0.25, -0.2) is 9.79 Å². The molecule has 1 atom stereocenters. The van der Waals surface area contributed by atoms with E-state index >= 15 is 0 Å². The van der Waals surface area contributed by atoms with Gasteiger partial charge < -0.3 is 29.6 Å². The molecule has 0 spiro atoms. The number of guanidine groups is 1. The third-order valence-corrected chi connectivity index (χ3v) is 4.09. The Kier molecular flexibility index (Phi) is 9.96. The van der Waals surface area contributed by atoms with E-state index in [0.29, 0.717) is 36.1 Å². The van der Waals surface area contributed by atoms with Crippen LogP contribution in [0.2, 0.25) is 0 Å². The van der Waals surface area contributed by atoms with Gasteiger partial charge in [-0.15, -0.1) is 24.0 Å². The molecule has 0 fully saturated rings. The molecule has 0 aliphatic heterocycles. The number of esters is 1. The summed E-state index contributed by atoms with van der Waals surface area (Å²) >= 11 is 0. The van der Waals surface area contributed by atoms with Gasteiger partial charge in [0.05, 0.1) is 33.6 Å². The number of halogens is 1. The van der Waals surface area contributed by atoms with E-state index in [1.807, 2.05) is 13.0 Å². The minimum absolute atomic E-state index is 0. The zero-order valence-electron chi connectivity index (χ0n) is 17.0. The monoisotopic (exact) mass is 517 g/mol. The van der Waals surface area contributed by atoms with Crippen molar-refractivity contribution in [2.75, 3.05) is 27.3 Å². The van der Waals surface area contributed by atoms with E-state index in [4.69, 9.17) is 13.9 Å². The molecule has 0 aliphatic rings. The Bertz CT molecular complexity index is 806. The quantitative estimate of drug-likeness (QED) is 0.214. The number of carbonyl (C=O) groups is 1. The maximum absolute atomic E-state index is 11.9. The zero-order valence-corrected chi connectivity index (χ0v) is 19.4. The van der Waals surface area contributed by atoms with Crippen molar-refractivity contribution in [2.24, 2.45) is 4.99 Å². The van der Waals surface area contributed by atoms with Crippen LogP contribution in [0.25, 0.3) is 0 Å². The summed E-state index contributed by atoms with van der Waals surface area (Å²) in [6.07, 6.45) is 1.52. The number of rotatable bonds is 8. The molecular weight excluding hydrogens is 489 g/mol. The molecule has 1 aromatic heterocycles. The molecule has 3 N–H and O–H groups in total. The molecule has 29 heavy (non-hydrogen) atoms. The molecule has 1 heterocycles. The lowest BCUT2D eigenvalue weighted by molar-refractivity contribution is 0.0385. The second kappa shape index (κ2) is 11.7. The molecule has 2 aromatic rings. The number of hydrogen-bond acceptors (Lipinski definition) is 6. The van der Waals surface area contributed by atoms with Crippen LogP contribution in [0.5, 0.6) is 5.75 Å². The first-order chi connectivity index (χ1) is 13.4. The summed E-state index contributed by atoms with van der Waals surface area (Å²) in [4.78, 5) is 16.4. The number of methoxy groups -OCH3 is 2. The summed E-state index contributed by atoms with van der Waals surface area (Å²) in [5.41, 5.74) is -0.0229. The summed E-state index contributed by atoms with van der Waals surface area (Å²) in [6, 6.07) is 8.68. The molecule has 8 nitrogen and oxygen atoms in total. The number of nitrogens with one attached hydrogen (secondary N) is 2. The first-order valence-corrected chi connectivity index (χ1v) is 8.95. The Balaban J connectivity index is 0.00000420. The largest absolute Gasteiger partial charge is 0.496 e. The lowest BCUT2D eigenvalue weighted by atomic mass is 10.0. The van der Waals surface area contributed by atoms with Crippen molar-refractivity contribution in [2.45, 2.75) is 26.0 Å². The Morgan fingerprint density at radius 2 is 2.03 bits per heavy atom. The Labute approximate surface area is 187 Å². The third-order valence-electron chi connectivity index (χ3n) is 4.09. The maximum atomic E-state index is 11.9. The van der Waals surface area contributed by atoms with Crippen LogP contribution in [-0.4, -0.2) is 44.3 Å². The SMILES string of the molecule is CCNC(=NCc1ccc(OC)c(C(=O)OC)c1)NCC(C)(O)c1ccco1.I. The second-order valence-electron chi connectivity index (χ2n) is 6.33. The van der Waals surface area contributed by atoms with Crippen molar-refractivity contribution >= 4 is 35.9 Å². The highest BCUT2D eigenvalue weighted by Crippen LogP contribution is 2.22. The minimum Gasteiger partial charge on any atom is -0.496 e. The lowest BCUT2D eigenvalue weighted by Gasteiger charge is -2.22. The molecule has 1 aromatic carbocycles. The van der Waals surface area contributed by atoms with E-state index in [2.05, 4.69) is 15.6 Å². The molecule has 0 saturated carbocycles. The molecule has 0 aliphatic carbocycles. The number of benzene rings is 1. The Morgan fingerprint density at radius 3 is 2.62 bits per heavy atom. The third kappa shape index (κ3) is 6.93. The van der Waals surface area contributed by atoms with Crippen LogP contribution in [0.15, 0.2) is 46.0 Å². The highest BCUT2D eigenvalue weighted by molar-refractivity contribution is 14.0. The smallest absolute Gasteiger partial charge is 0.341 e. The molecule has 0 radical (unpaired) electrons. The second-order valence-corrected chi connectivity index (χ2v) is 6.33. The fourth-order valence-corrected chi connectivity index (χ4v) is 2.56. The van der Waals surface area contributed by atoms with Crippen molar-refractivity contribution in [1.82, 2.24) is 10.6 Å². The summed E-state index contributed by atoms with van der Waals surface area (Å²) in [7, 11) is 2.82. The van der Waals surface area contributed by atoms with Crippen molar-refractivity contribution in [1.29, 1.82) is 0 Å². The number of furan rings is 1. The number of nitrogens with zero attached hydrogens (tertiary/aromatic N) is 1. The van der Waals surface area contributed by atoms with Crippen molar-refractivity contribution in [3.05, 3.63) is 53.5 Å². The van der Waals surface area contributed by atoms with Crippen LogP contribution < -0.4 is 15.4 Å². The highest BCUT2D eigenvalue weighted by Gasteiger charge is 2.26. The Morgan fingerprint density at radius 1 is 1.28 bits per heavy atom. The van der Waals surface area contributed by atoms with E-state index in [-0.39, 0.29) is 30.5 Å². The topological polar surface area (TPSA) is 105 Å². The van der Waals surface area contributed by atoms with Gasteiger partial charge in [0, 0.05) is 6.54 Å². The number of aliphatic hydroxyl groups is 1. The maximum Gasteiger partial charge on any atom is 0.341 e. The van der Waals surface area contributed by atoms with Crippen LogP contribution in [-0.2, 0) is 16.9 Å². The van der Waals surface area contributed by atoms with Gasteiger partial charge in [-0.1, -0.05) is 6.07 Å². The average Bonchev–Trinajstić information content (AvgIpc) is 3.25. The predicted octanol–water partition coefficient (Wildman–Crippen LogP) is 2.66. The van der Waals surface area contributed by atoms with Gasteiger partial charge in [-0.2, -0.15) is 0 Å². The molecule has 160 valence electrons. The normalized spacial score (nSPS) is 13.1.